The van der Waals surface area contributed by atoms with Crippen LogP contribution in [0.2, 0.25) is 0 Å². The normalized spacial score (nSPS) is 17.1. The molecule has 0 spiro atoms. The van der Waals surface area contributed by atoms with Gasteiger partial charge < -0.3 is 23.5 Å². The molecule has 9 nitrogen and oxygen atoms in total. The highest BCUT2D eigenvalue weighted by molar-refractivity contribution is 6.62. The van der Waals surface area contributed by atoms with Crippen molar-refractivity contribution < 1.29 is 41.9 Å². The number of halogens is 2. The van der Waals surface area contributed by atoms with Crippen molar-refractivity contribution in [3.63, 3.8) is 0 Å². The standard InChI is InChI=1S/C29H39BF2N2O7/c1-17(20-15-19(31)12-13-21(20)32)37-22-14-18(30-40-28(8,9)29(10,11)41-30)16-33-23(22)34(24(35)38-26(2,3)4)25(36)39-27(5,6)7/h12-17H,1-11H3. The Bertz CT molecular complexity index is 1260. The Kier molecular flexibility index (Phi) is 8.82. The molecule has 1 aromatic heterocycles. The highest BCUT2D eigenvalue weighted by Gasteiger charge is 2.52. The molecule has 0 bridgehead atoms. The number of nitrogens with zero attached hydrogens (tertiary/aromatic N) is 2. The molecule has 0 radical (unpaired) electrons. The summed E-state index contributed by atoms with van der Waals surface area (Å²) in [6.07, 6.45) is -1.84. The average Bonchev–Trinajstić information content (AvgIpc) is 3.00. The maximum Gasteiger partial charge on any atom is 0.496 e. The molecular weight excluding hydrogens is 537 g/mol. The number of benzene rings is 1. The number of carbonyl (C=O) groups excluding carboxylic acids is 2. The van der Waals surface area contributed by atoms with Gasteiger partial charge in [-0.05, 0) is 100 Å². The van der Waals surface area contributed by atoms with Crippen LogP contribution in [-0.2, 0) is 18.8 Å². The van der Waals surface area contributed by atoms with Gasteiger partial charge in [0.2, 0.25) is 0 Å². The Morgan fingerprint density at radius 2 is 1.44 bits per heavy atom. The van der Waals surface area contributed by atoms with Crippen LogP contribution in [0.5, 0.6) is 5.75 Å². The zero-order valence-electron chi connectivity index (χ0n) is 25.5. The SMILES string of the molecule is CC(Oc1cc(B2OC(C)(C)C(C)(C)O2)cnc1N(C(=O)OC(C)(C)C)C(=O)OC(C)(C)C)c1cc(F)ccc1F. The largest absolute Gasteiger partial charge is 0.496 e. The zero-order chi connectivity index (χ0) is 31.1. The highest BCUT2D eigenvalue weighted by atomic mass is 19.1. The third-order valence-corrected chi connectivity index (χ3v) is 6.44. The van der Waals surface area contributed by atoms with Crippen LogP contribution in [0.15, 0.2) is 30.5 Å². The van der Waals surface area contributed by atoms with Gasteiger partial charge >= 0.3 is 19.3 Å². The van der Waals surface area contributed by atoms with E-state index in [9.17, 15) is 18.4 Å². The van der Waals surface area contributed by atoms with E-state index < -0.39 is 59.4 Å². The monoisotopic (exact) mass is 576 g/mol. The number of hydrogen-bond donors (Lipinski definition) is 0. The second kappa shape index (κ2) is 11.2. The van der Waals surface area contributed by atoms with E-state index in [4.69, 9.17) is 23.5 Å². The van der Waals surface area contributed by atoms with Crippen LogP contribution < -0.4 is 15.1 Å². The lowest BCUT2D eigenvalue weighted by Gasteiger charge is -2.32. The lowest BCUT2D eigenvalue weighted by Crippen LogP contribution is -2.45. The topological polar surface area (TPSA) is 96.4 Å². The van der Waals surface area contributed by atoms with Crippen LogP contribution in [0, 0.1) is 11.6 Å². The summed E-state index contributed by atoms with van der Waals surface area (Å²) in [6, 6.07) is 4.45. The summed E-state index contributed by atoms with van der Waals surface area (Å²) in [4.78, 5) is 31.7. The summed E-state index contributed by atoms with van der Waals surface area (Å²) in [7, 11) is -0.874. The average molecular weight is 576 g/mol. The van der Waals surface area contributed by atoms with E-state index in [0.717, 1.165) is 18.2 Å². The Morgan fingerprint density at radius 3 is 1.93 bits per heavy atom. The summed E-state index contributed by atoms with van der Waals surface area (Å²) in [5.74, 6) is -1.76. The number of anilines is 1. The Morgan fingerprint density at radius 1 is 0.927 bits per heavy atom. The molecular formula is C29H39BF2N2O7. The van der Waals surface area contributed by atoms with Crippen molar-refractivity contribution in [2.45, 2.75) is 105 Å². The van der Waals surface area contributed by atoms with Gasteiger partial charge in [0.15, 0.2) is 11.6 Å². The van der Waals surface area contributed by atoms with Crippen LogP contribution in [-0.4, -0.2) is 46.7 Å². The summed E-state index contributed by atoms with van der Waals surface area (Å²) in [5.41, 5.74) is -2.97. The highest BCUT2D eigenvalue weighted by Crippen LogP contribution is 2.38. The van der Waals surface area contributed by atoms with Crippen molar-refractivity contribution in [3.05, 3.63) is 47.7 Å². The van der Waals surface area contributed by atoms with Gasteiger partial charge in [-0.3, -0.25) is 0 Å². The molecule has 1 aromatic carbocycles. The first-order chi connectivity index (χ1) is 18.6. The van der Waals surface area contributed by atoms with Crippen LogP contribution in [0.25, 0.3) is 0 Å². The third-order valence-electron chi connectivity index (χ3n) is 6.44. The molecule has 41 heavy (non-hydrogen) atoms. The Balaban J connectivity index is 2.16. The molecule has 1 aliphatic rings. The molecule has 12 heteroatoms. The van der Waals surface area contributed by atoms with Crippen molar-refractivity contribution in [2.24, 2.45) is 0 Å². The first kappa shape index (κ1) is 32.3. The summed E-state index contributed by atoms with van der Waals surface area (Å²) in [6.45, 7) is 18.9. The van der Waals surface area contributed by atoms with Crippen LogP contribution in [0.1, 0.15) is 87.8 Å². The lowest BCUT2D eigenvalue weighted by molar-refractivity contribution is 0.00578. The van der Waals surface area contributed by atoms with Gasteiger partial charge in [-0.25, -0.2) is 23.4 Å². The fourth-order valence-corrected chi connectivity index (χ4v) is 3.76. The third kappa shape index (κ3) is 7.74. The van der Waals surface area contributed by atoms with Crippen molar-refractivity contribution in [1.82, 2.24) is 4.98 Å². The molecule has 1 unspecified atom stereocenters. The molecule has 0 saturated carbocycles. The summed E-state index contributed by atoms with van der Waals surface area (Å²) >= 11 is 0. The molecule has 0 N–H and O–H groups in total. The number of aromatic nitrogens is 1. The van der Waals surface area contributed by atoms with Crippen LogP contribution >= 0.6 is 0 Å². The van der Waals surface area contributed by atoms with E-state index >= 15 is 0 Å². The van der Waals surface area contributed by atoms with Crippen molar-refractivity contribution >= 4 is 30.6 Å². The minimum atomic E-state index is -1.07. The molecule has 3 rings (SSSR count). The first-order valence-corrected chi connectivity index (χ1v) is 13.3. The van der Waals surface area contributed by atoms with Gasteiger partial charge in [0, 0.05) is 17.2 Å². The van der Waals surface area contributed by atoms with Gasteiger partial charge in [0.1, 0.15) is 28.9 Å². The number of carbonyl (C=O) groups is 2. The number of ether oxygens (including phenoxy) is 3. The van der Waals surface area contributed by atoms with E-state index in [0.29, 0.717) is 10.4 Å². The smallest absolute Gasteiger partial charge is 0.482 e. The minimum absolute atomic E-state index is 0.0851. The molecule has 1 atom stereocenters. The van der Waals surface area contributed by atoms with E-state index in [1.807, 2.05) is 27.7 Å². The molecule has 0 aliphatic carbocycles. The van der Waals surface area contributed by atoms with Gasteiger partial charge in [-0.2, -0.15) is 4.90 Å². The second-order valence-corrected chi connectivity index (χ2v) is 12.9. The predicted molar refractivity (Wildman–Crippen MR) is 150 cm³/mol. The number of pyridine rings is 1. The fourth-order valence-electron chi connectivity index (χ4n) is 3.76. The van der Waals surface area contributed by atoms with E-state index in [1.165, 1.54) is 19.2 Å². The van der Waals surface area contributed by atoms with Crippen molar-refractivity contribution in [1.29, 1.82) is 0 Å². The zero-order valence-corrected chi connectivity index (χ0v) is 25.5. The van der Waals surface area contributed by atoms with Gasteiger partial charge in [0.25, 0.3) is 0 Å². The molecule has 2 heterocycles. The molecule has 1 fully saturated rings. The van der Waals surface area contributed by atoms with Crippen molar-refractivity contribution in [3.8, 4) is 5.75 Å². The van der Waals surface area contributed by atoms with Gasteiger partial charge in [-0.15, -0.1) is 0 Å². The first-order valence-electron chi connectivity index (χ1n) is 13.3. The summed E-state index contributed by atoms with van der Waals surface area (Å²) in [5, 5.41) is 0. The Hall–Kier alpha value is -3.25. The van der Waals surface area contributed by atoms with Gasteiger partial charge in [0.05, 0.1) is 11.2 Å². The van der Waals surface area contributed by atoms with Crippen LogP contribution in [0.3, 0.4) is 0 Å². The summed E-state index contributed by atoms with van der Waals surface area (Å²) < 4.78 is 58.0. The van der Waals surface area contributed by atoms with E-state index in [1.54, 1.807) is 41.5 Å². The molecule has 1 aliphatic heterocycles. The minimum Gasteiger partial charge on any atom is -0.482 e. The molecule has 2 aromatic rings. The number of rotatable bonds is 5. The quantitative estimate of drug-likeness (QED) is 0.374. The number of hydrogen-bond acceptors (Lipinski definition) is 8. The van der Waals surface area contributed by atoms with Crippen LogP contribution in [0.4, 0.5) is 24.2 Å². The second-order valence-electron chi connectivity index (χ2n) is 12.9. The van der Waals surface area contributed by atoms with Crippen molar-refractivity contribution in [2.75, 3.05) is 4.90 Å². The van der Waals surface area contributed by atoms with E-state index in [-0.39, 0.29) is 17.1 Å². The lowest BCUT2D eigenvalue weighted by atomic mass is 9.80. The molecule has 1 saturated heterocycles. The maximum absolute atomic E-state index is 14.6. The van der Waals surface area contributed by atoms with E-state index in [2.05, 4.69) is 4.98 Å². The number of imide groups is 1. The number of amides is 2. The maximum atomic E-state index is 14.6. The molecule has 2 amide bonds. The predicted octanol–water partition coefficient (Wildman–Crippen LogP) is 6.48. The van der Waals surface area contributed by atoms with Gasteiger partial charge in [-0.1, -0.05) is 0 Å². The fraction of sp³-hybridized carbons (Fsp3) is 0.552. The molecule has 224 valence electrons. The Labute approximate surface area is 240 Å².